The summed E-state index contributed by atoms with van der Waals surface area (Å²) < 4.78 is 39.7. The van der Waals surface area contributed by atoms with Gasteiger partial charge in [0.2, 0.25) is 27.7 Å². The van der Waals surface area contributed by atoms with Crippen molar-refractivity contribution in [2.45, 2.75) is 75.4 Å². The molecule has 0 unspecified atom stereocenters. The fourth-order valence-electron chi connectivity index (χ4n) is 6.75. The number of alkyl halides is 1. The number of hydrogen-bond acceptors (Lipinski definition) is 9. The Morgan fingerprint density at radius 2 is 1.83 bits per heavy atom. The molecule has 2 saturated carbocycles. The van der Waals surface area contributed by atoms with Crippen LogP contribution >= 0.6 is 11.6 Å². The predicted octanol–water partition coefficient (Wildman–Crippen LogP) is 3.70. The lowest BCUT2D eigenvalue weighted by Crippen LogP contribution is -2.60. The Labute approximate surface area is 313 Å². The Hall–Kier alpha value is -4.69. The van der Waals surface area contributed by atoms with Crippen LogP contribution in [0, 0.1) is 11.3 Å². The van der Waals surface area contributed by atoms with Gasteiger partial charge in [-0.2, -0.15) is 0 Å². The van der Waals surface area contributed by atoms with Gasteiger partial charge in [0, 0.05) is 35.4 Å². The van der Waals surface area contributed by atoms with Gasteiger partial charge in [0.25, 0.3) is 5.91 Å². The minimum Gasteiger partial charge on any atom is -0.497 e. The average Bonchev–Trinajstić information content (AvgIpc) is 4.06. The van der Waals surface area contributed by atoms with Crippen molar-refractivity contribution in [3.05, 3.63) is 67.3 Å². The monoisotopic (exact) mass is 765 g/mol. The molecule has 15 heteroatoms. The number of benzene rings is 2. The van der Waals surface area contributed by atoms with E-state index in [9.17, 15) is 27.6 Å². The number of fused-ring (bicyclic) bond motifs is 1. The van der Waals surface area contributed by atoms with Crippen LogP contribution < -0.4 is 24.8 Å². The summed E-state index contributed by atoms with van der Waals surface area (Å²) in [6, 6.07) is 14.5. The maximum atomic E-state index is 14.4. The van der Waals surface area contributed by atoms with Crippen LogP contribution in [0.5, 0.6) is 11.5 Å². The van der Waals surface area contributed by atoms with Gasteiger partial charge < -0.3 is 25.0 Å². The van der Waals surface area contributed by atoms with E-state index in [1.165, 1.54) is 11.0 Å². The average molecular weight is 766 g/mol. The fourth-order valence-corrected chi connectivity index (χ4v) is 8.19. The number of hydrogen-bond donors (Lipinski definition) is 3. The molecule has 0 radical (unpaired) electrons. The second-order valence-corrected chi connectivity index (χ2v) is 17.1. The Balaban J connectivity index is 1.34. The normalized spacial score (nSPS) is 23.1. The van der Waals surface area contributed by atoms with Gasteiger partial charge in [-0.1, -0.05) is 57.2 Å². The molecule has 0 spiro atoms. The number of carbonyl (C=O) groups excluding carboxylic acids is 4. The quantitative estimate of drug-likeness (QED) is 0.173. The summed E-state index contributed by atoms with van der Waals surface area (Å²) in [6.45, 7) is 9.08. The summed E-state index contributed by atoms with van der Waals surface area (Å²) in [5.74, 6) is -2.44. The number of amides is 4. The van der Waals surface area contributed by atoms with Gasteiger partial charge in [0.1, 0.15) is 41.1 Å². The summed E-state index contributed by atoms with van der Waals surface area (Å²) in [6.07, 6.45) is 1.85. The van der Waals surface area contributed by atoms with Crippen LogP contribution in [0.15, 0.2) is 67.3 Å². The lowest BCUT2D eigenvalue weighted by Gasteiger charge is -2.35. The zero-order valence-electron chi connectivity index (χ0n) is 30.1. The van der Waals surface area contributed by atoms with Crippen LogP contribution in [-0.4, -0.2) is 90.4 Å². The highest BCUT2D eigenvalue weighted by atomic mass is 35.5. The molecule has 2 aliphatic carbocycles. The van der Waals surface area contributed by atoms with E-state index < -0.39 is 74.0 Å². The Kier molecular flexibility index (Phi) is 10.5. The number of sulfonamides is 1. The van der Waals surface area contributed by atoms with E-state index in [0.717, 1.165) is 5.56 Å². The number of rotatable bonds is 13. The summed E-state index contributed by atoms with van der Waals surface area (Å²) >= 11 is 5.81. The zero-order chi connectivity index (χ0) is 38.3. The number of halogens is 1. The van der Waals surface area contributed by atoms with Gasteiger partial charge in [-0.25, -0.2) is 13.4 Å². The van der Waals surface area contributed by atoms with Gasteiger partial charge in [-0.15, -0.1) is 18.2 Å². The molecule has 2 aromatic carbocycles. The third kappa shape index (κ3) is 7.98. The van der Waals surface area contributed by atoms with Crippen molar-refractivity contribution in [1.29, 1.82) is 0 Å². The van der Waals surface area contributed by atoms with Gasteiger partial charge in [0.15, 0.2) is 0 Å². The number of nitrogens with one attached hydrogen (secondary N) is 3. The summed E-state index contributed by atoms with van der Waals surface area (Å²) in [5.41, 5.74) is -0.256. The highest BCUT2D eigenvalue weighted by Crippen LogP contribution is 2.46. The van der Waals surface area contributed by atoms with Gasteiger partial charge in [-0.05, 0) is 36.8 Å². The molecular weight excluding hydrogens is 722 g/mol. The second-order valence-electron chi connectivity index (χ2n) is 14.9. The molecule has 3 N–H and O–H groups in total. The van der Waals surface area contributed by atoms with Crippen LogP contribution in [0.3, 0.4) is 0 Å². The number of aromatic nitrogens is 1. The van der Waals surface area contributed by atoms with Crippen molar-refractivity contribution in [1.82, 2.24) is 25.2 Å². The third-order valence-corrected chi connectivity index (χ3v) is 12.0. The highest BCUT2D eigenvalue weighted by Gasteiger charge is 2.62. The second kappa shape index (κ2) is 14.6. The van der Waals surface area contributed by atoms with E-state index in [0.29, 0.717) is 40.9 Å². The van der Waals surface area contributed by atoms with Crippen molar-refractivity contribution in [2.24, 2.45) is 11.3 Å². The molecule has 1 aliphatic heterocycles. The molecule has 5 atom stereocenters. The van der Waals surface area contributed by atoms with E-state index >= 15 is 0 Å². The first-order chi connectivity index (χ1) is 25.1. The van der Waals surface area contributed by atoms with Crippen LogP contribution in [0.25, 0.3) is 22.2 Å². The summed E-state index contributed by atoms with van der Waals surface area (Å²) in [7, 11) is -2.34. The number of carbonyl (C=O) groups is 4. The lowest BCUT2D eigenvalue weighted by molar-refractivity contribution is -0.144. The molecule has 1 aromatic heterocycles. The number of pyridine rings is 1. The maximum Gasteiger partial charge on any atom is 0.259 e. The largest absolute Gasteiger partial charge is 0.497 e. The van der Waals surface area contributed by atoms with Crippen LogP contribution in [-0.2, 0) is 29.2 Å². The van der Waals surface area contributed by atoms with E-state index in [1.54, 1.807) is 46.1 Å². The predicted molar refractivity (Wildman–Crippen MR) is 200 cm³/mol. The number of methoxy groups -OCH3 is 1. The zero-order valence-corrected chi connectivity index (χ0v) is 31.6. The van der Waals surface area contributed by atoms with Crippen molar-refractivity contribution in [3.8, 4) is 22.8 Å². The molecule has 1 saturated heterocycles. The SMILES string of the molecule is C=C[C@@H]1C[C@]1(NC(=O)[C@@H]1C[C@@H](Oc2cc(-c3ccccc3)nc3cc(OC)ccc23)CN1C(=O)[C@@H](NC(=O)CCl)C(C)(C)C)C(=O)NS(=O)(=O)C1CC1. The van der Waals surface area contributed by atoms with Crippen molar-refractivity contribution >= 4 is 56.2 Å². The maximum absolute atomic E-state index is 14.4. The van der Waals surface area contributed by atoms with Crippen LogP contribution in [0.2, 0.25) is 0 Å². The molecule has 2 heterocycles. The first-order valence-corrected chi connectivity index (χ1v) is 19.6. The molecule has 6 rings (SSSR count). The Morgan fingerprint density at radius 1 is 1.11 bits per heavy atom. The first kappa shape index (κ1) is 38.0. The van der Waals surface area contributed by atoms with Crippen molar-refractivity contribution < 1.29 is 37.1 Å². The smallest absolute Gasteiger partial charge is 0.259 e. The van der Waals surface area contributed by atoms with Gasteiger partial charge in [-0.3, -0.25) is 23.9 Å². The van der Waals surface area contributed by atoms with E-state index in [4.69, 9.17) is 26.1 Å². The van der Waals surface area contributed by atoms with E-state index in [-0.39, 0.29) is 25.3 Å². The fraction of sp³-hybridized carbons (Fsp3) is 0.447. The van der Waals surface area contributed by atoms with E-state index in [1.807, 2.05) is 36.4 Å². The molecule has 13 nitrogen and oxygen atoms in total. The van der Waals surface area contributed by atoms with Gasteiger partial charge >= 0.3 is 0 Å². The topological polar surface area (TPSA) is 173 Å². The Bertz CT molecular complexity index is 2050. The number of nitrogens with zero attached hydrogens (tertiary/aromatic N) is 2. The van der Waals surface area contributed by atoms with Crippen molar-refractivity contribution in [3.63, 3.8) is 0 Å². The van der Waals surface area contributed by atoms with E-state index in [2.05, 4.69) is 21.9 Å². The molecule has 0 bridgehead atoms. The highest BCUT2D eigenvalue weighted by molar-refractivity contribution is 7.91. The minimum atomic E-state index is -3.91. The lowest BCUT2D eigenvalue weighted by atomic mass is 9.85. The standard InChI is InChI=1S/C38H44ClN5O8S/c1-6-23-19-38(23,36(48)43-53(49,50)26-13-14-26)42-34(46)30-17-25(21-44(30)35(47)33(37(2,3)4)41-32(45)20-39)52-31-18-28(22-10-8-7-9-11-22)40-29-16-24(51-5)12-15-27(29)31/h6-12,15-16,18,23,25-26,30,33H,1,13-14,17,19-21H2,2-5H3,(H,41,45)(H,42,46)(H,43,48)/t23-,25-,30+,33-,38-/m1/s1. The van der Waals surface area contributed by atoms with Crippen molar-refractivity contribution in [2.75, 3.05) is 19.5 Å². The van der Waals surface area contributed by atoms with Gasteiger partial charge in [0.05, 0.1) is 30.1 Å². The Morgan fingerprint density at radius 3 is 2.43 bits per heavy atom. The third-order valence-electron chi connectivity index (χ3n) is 9.98. The summed E-state index contributed by atoms with van der Waals surface area (Å²) in [5, 5.41) is 5.53. The van der Waals surface area contributed by atoms with Crippen LogP contribution in [0.1, 0.15) is 46.5 Å². The summed E-state index contributed by atoms with van der Waals surface area (Å²) in [4.78, 5) is 60.9. The molecule has 3 fully saturated rings. The minimum absolute atomic E-state index is 0.0232. The molecule has 3 aliphatic rings. The molecule has 3 aromatic rings. The van der Waals surface area contributed by atoms with Crippen LogP contribution in [0.4, 0.5) is 0 Å². The molecule has 53 heavy (non-hydrogen) atoms. The molecular formula is C38H44ClN5O8S. The molecule has 4 amide bonds. The first-order valence-electron chi connectivity index (χ1n) is 17.5. The number of ether oxygens (including phenoxy) is 2. The number of likely N-dealkylation sites (tertiary alicyclic amines) is 1. The molecule has 282 valence electrons.